The van der Waals surface area contributed by atoms with Crippen molar-refractivity contribution in [2.75, 3.05) is 44.2 Å². The summed E-state index contributed by atoms with van der Waals surface area (Å²) in [5, 5.41) is 3.11. The lowest BCUT2D eigenvalue weighted by Gasteiger charge is -2.32. The Hall–Kier alpha value is -2.47. The number of aromatic nitrogens is 2. The summed E-state index contributed by atoms with van der Waals surface area (Å²) in [7, 11) is 0. The summed E-state index contributed by atoms with van der Waals surface area (Å²) in [4.78, 5) is 26.1. The van der Waals surface area contributed by atoms with Crippen LogP contribution in [-0.4, -0.2) is 60.0 Å². The van der Waals surface area contributed by atoms with Gasteiger partial charge in [-0.2, -0.15) is 0 Å². The van der Waals surface area contributed by atoms with Gasteiger partial charge >= 0.3 is 0 Å². The Labute approximate surface area is 168 Å². The van der Waals surface area contributed by atoms with Crippen molar-refractivity contribution >= 4 is 11.9 Å². The van der Waals surface area contributed by atoms with Crippen LogP contribution in [0.2, 0.25) is 0 Å². The number of likely N-dealkylation sites (N-methyl/N-ethyl adjacent to an activating group) is 1. The van der Waals surface area contributed by atoms with Gasteiger partial charge in [0, 0.05) is 44.1 Å². The Bertz CT molecular complexity index is 730. The van der Waals surface area contributed by atoms with Crippen LogP contribution in [0.5, 0.6) is 0 Å². The van der Waals surface area contributed by atoms with Crippen LogP contribution >= 0.6 is 0 Å². The van der Waals surface area contributed by atoms with Gasteiger partial charge in [-0.05, 0) is 31.5 Å². The first-order chi connectivity index (χ1) is 13.7. The van der Waals surface area contributed by atoms with E-state index in [-0.39, 0.29) is 11.8 Å². The van der Waals surface area contributed by atoms with Crippen LogP contribution in [-0.2, 0) is 4.79 Å². The van der Waals surface area contributed by atoms with Gasteiger partial charge in [-0.15, -0.1) is 0 Å². The Morgan fingerprint density at radius 1 is 1.14 bits per heavy atom. The number of carbonyl (C=O) groups is 1. The van der Waals surface area contributed by atoms with E-state index in [9.17, 15) is 4.79 Å². The maximum absolute atomic E-state index is 12.6. The van der Waals surface area contributed by atoms with Crippen LogP contribution in [0.4, 0.5) is 5.95 Å². The molecular weight excluding hydrogens is 350 g/mol. The zero-order chi connectivity index (χ0) is 19.8. The molecule has 1 aromatic carbocycles. The summed E-state index contributed by atoms with van der Waals surface area (Å²) in [6, 6.07) is 10.1. The number of rotatable bonds is 8. The van der Waals surface area contributed by atoms with E-state index in [2.05, 4.69) is 51.1 Å². The second kappa shape index (κ2) is 10.2. The highest BCUT2D eigenvalue weighted by molar-refractivity contribution is 5.79. The van der Waals surface area contributed by atoms with Crippen molar-refractivity contribution < 1.29 is 4.79 Å². The van der Waals surface area contributed by atoms with E-state index in [1.807, 2.05) is 30.6 Å². The third-order valence-electron chi connectivity index (χ3n) is 5.44. The molecule has 2 heterocycles. The second-order valence-corrected chi connectivity index (χ2v) is 7.24. The van der Waals surface area contributed by atoms with Gasteiger partial charge < -0.3 is 15.1 Å². The molecule has 150 valence electrons. The summed E-state index contributed by atoms with van der Waals surface area (Å²) in [6.45, 7) is 9.51. The summed E-state index contributed by atoms with van der Waals surface area (Å²) in [5.41, 5.74) is 2.12. The number of hydrogen-bond donors (Lipinski definition) is 1. The maximum Gasteiger partial charge on any atom is 0.225 e. The van der Waals surface area contributed by atoms with Gasteiger partial charge in [-0.1, -0.05) is 44.2 Å². The van der Waals surface area contributed by atoms with Gasteiger partial charge in [-0.25, -0.2) is 9.97 Å². The molecule has 3 rings (SSSR count). The van der Waals surface area contributed by atoms with Crippen LogP contribution in [0, 0.1) is 5.92 Å². The first kappa shape index (κ1) is 20.3. The van der Waals surface area contributed by atoms with Crippen molar-refractivity contribution in [2.45, 2.75) is 26.7 Å². The summed E-state index contributed by atoms with van der Waals surface area (Å²) in [6.07, 6.45) is 5.64. The molecule has 1 aliphatic rings. The zero-order valence-electron chi connectivity index (χ0n) is 17.0. The third kappa shape index (κ3) is 5.29. The lowest BCUT2D eigenvalue weighted by atomic mass is 9.97. The molecule has 2 aromatic rings. The minimum atomic E-state index is 0.00264. The molecule has 0 radical (unpaired) electrons. The van der Waals surface area contributed by atoms with E-state index in [1.54, 1.807) is 0 Å². The quantitative estimate of drug-likeness (QED) is 0.762. The van der Waals surface area contributed by atoms with E-state index in [0.29, 0.717) is 19.0 Å². The molecule has 1 aliphatic heterocycles. The van der Waals surface area contributed by atoms with Crippen molar-refractivity contribution in [1.82, 2.24) is 20.2 Å². The third-order valence-corrected chi connectivity index (χ3v) is 5.44. The highest BCUT2D eigenvalue weighted by Crippen LogP contribution is 2.22. The molecule has 0 saturated carbocycles. The lowest BCUT2D eigenvalue weighted by molar-refractivity contribution is -0.125. The van der Waals surface area contributed by atoms with Gasteiger partial charge in [0.05, 0.1) is 5.92 Å². The van der Waals surface area contributed by atoms with Gasteiger partial charge in [0.15, 0.2) is 0 Å². The van der Waals surface area contributed by atoms with Crippen LogP contribution in [0.15, 0.2) is 42.7 Å². The monoisotopic (exact) mass is 381 g/mol. The first-order valence-corrected chi connectivity index (χ1v) is 10.3. The maximum atomic E-state index is 12.6. The van der Waals surface area contributed by atoms with Gasteiger partial charge in [0.2, 0.25) is 11.9 Å². The molecule has 6 heteroatoms. The highest BCUT2D eigenvalue weighted by atomic mass is 16.1. The van der Waals surface area contributed by atoms with Crippen LogP contribution in [0.1, 0.15) is 26.7 Å². The van der Waals surface area contributed by atoms with Crippen LogP contribution in [0.25, 0.3) is 11.1 Å². The molecule has 1 atom stereocenters. The minimum Gasteiger partial charge on any atom is -0.355 e. The van der Waals surface area contributed by atoms with E-state index in [1.165, 1.54) is 0 Å². The average Bonchev–Trinajstić information content (AvgIpc) is 2.77. The number of nitrogens with one attached hydrogen (secondary N) is 1. The molecule has 0 aliphatic carbocycles. The van der Waals surface area contributed by atoms with Gasteiger partial charge in [0.1, 0.15) is 0 Å². The van der Waals surface area contributed by atoms with Crippen molar-refractivity contribution in [3.63, 3.8) is 0 Å². The Morgan fingerprint density at radius 2 is 1.86 bits per heavy atom. The fraction of sp³-hybridized carbons (Fsp3) is 0.500. The summed E-state index contributed by atoms with van der Waals surface area (Å²) in [5.74, 6) is 0.862. The fourth-order valence-corrected chi connectivity index (χ4v) is 3.66. The van der Waals surface area contributed by atoms with Crippen molar-refractivity contribution in [2.24, 2.45) is 5.92 Å². The molecule has 6 nitrogen and oxygen atoms in total. The molecule has 1 aromatic heterocycles. The highest BCUT2D eigenvalue weighted by Gasteiger charge is 2.27. The first-order valence-electron chi connectivity index (χ1n) is 10.3. The topological polar surface area (TPSA) is 61.4 Å². The standard InChI is InChI=1S/C22H31N5O/c1-3-26(4-2)14-12-23-21(28)19-11-8-13-27(17-19)22-24-15-20(16-25-22)18-9-6-5-7-10-18/h5-7,9-10,15-16,19H,3-4,8,11-14,17H2,1-2H3,(H,23,28). The van der Waals surface area contributed by atoms with E-state index < -0.39 is 0 Å². The molecule has 1 saturated heterocycles. The number of benzene rings is 1. The van der Waals surface area contributed by atoms with Gasteiger partial charge in [-0.3, -0.25) is 4.79 Å². The molecule has 1 N–H and O–H groups in total. The number of piperidine rings is 1. The van der Waals surface area contributed by atoms with E-state index in [0.717, 1.165) is 50.1 Å². The van der Waals surface area contributed by atoms with Crippen LogP contribution in [0.3, 0.4) is 0 Å². The fourth-order valence-electron chi connectivity index (χ4n) is 3.66. The van der Waals surface area contributed by atoms with Crippen molar-refractivity contribution in [1.29, 1.82) is 0 Å². The number of nitrogens with zero attached hydrogens (tertiary/aromatic N) is 4. The van der Waals surface area contributed by atoms with Gasteiger partial charge in [0.25, 0.3) is 0 Å². The average molecular weight is 382 g/mol. The molecular formula is C22H31N5O. The van der Waals surface area contributed by atoms with Crippen molar-refractivity contribution in [3.8, 4) is 11.1 Å². The molecule has 0 spiro atoms. The number of anilines is 1. The largest absolute Gasteiger partial charge is 0.355 e. The molecule has 1 fully saturated rings. The molecule has 1 amide bonds. The summed E-state index contributed by atoms with van der Waals surface area (Å²) >= 11 is 0. The number of carbonyl (C=O) groups excluding carboxylic acids is 1. The van der Waals surface area contributed by atoms with E-state index >= 15 is 0 Å². The molecule has 1 unspecified atom stereocenters. The smallest absolute Gasteiger partial charge is 0.225 e. The number of amides is 1. The summed E-state index contributed by atoms with van der Waals surface area (Å²) < 4.78 is 0. The second-order valence-electron chi connectivity index (χ2n) is 7.24. The molecule has 28 heavy (non-hydrogen) atoms. The predicted molar refractivity (Wildman–Crippen MR) is 113 cm³/mol. The Balaban J connectivity index is 1.55. The molecule has 0 bridgehead atoms. The normalized spacial score (nSPS) is 17.0. The predicted octanol–water partition coefficient (Wildman–Crippen LogP) is 2.82. The minimum absolute atomic E-state index is 0.00264. The zero-order valence-corrected chi connectivity index (χ0v) is 17.0. The van der Waals surface area contributed by atoms with Crippen molar-refractivity contribution in [3.05, 3.63) is 42.7 Å². The number of hydrogen-bond acceptors (Lipinski definition) is 5. The van der Waals surface area contributed by atoms with E-state index in [4.69, 9.17) is 0 Å². The SMILES string of the molecule is CCN(CC)CCNC(=O)C1CCCN(c2ncc(-c3ccccc3)cn2)C1. The lowest BCUT2D eigenvalue weighted by Crippen LogP contribution is -2.45. The van der Waals surface area contributed by atoms with Crippen LogP contribution < -0.4 is 10.2 Å². The Morgan fingerprint density at radius 3 is 2.54 bits per heavy atom. The Kier molecular flexibility index (Phi) is 7.37.